The van der Waals surface area contributed by atoms with E-state index in [1.165, 1.54) is 11.1 Å². The first kappa shape index (κ1) is 17.5. The molecule has 25 heavy (non-hydrogen) atoms. The zero-order valence-corrected chi connectivity index (χ0v) is 15.2. The lowest BCUT2D eigenvalue weighted by molar-refractivity contribution is -0.131. The van der Waals surface area contributed by atoms with Crippen molar-refractivity contribution in [3.63, 3.8) is 0 Å². The van der Waals surface area contributed by atoms with E-state index < -0.39 is 0 Å². The fourth-order valence-electron chi connectivity index (χ4n) is 3.57. The van der Waals surface area contributed by atoms with Crippen LogP contribution in [-0.4, -0.2) is 43.5 Å². The quantitative estimate of drug-likeness (QED) is 0.810. The van der Waals surface area contributed by atoms with Crippen LogP contribution in [0.5, 0.6) is 5.75 Å². The minimum atomic E-state index is 0.134. The van der Waals surface area contributed by atoms with Crippen molar-refractivity contribution >= 4 is 5.91 Å². The van der Waals surface area contributed by atoms with Crippen molar-refractivity contribution in [2.24, 2.45) is 0 Å². The molecule has 0 fully saturated rings. The Hall–Kier alpha value is -2.33. The third-order valence-corrected chi connectivity index (χ3v) is 5.00. The molecule has 0 spiro atoms. The topological polar surface area (TPSA) is 32.8 Å². The van der Waals surface area contributed by atoms with Crippen LogP contribution < -0.4 is 4.74 Å². The molecule has 1 aliphatic rings. The van der Waals surface area contributed by atoms with Crippen LogP contribution in [0.4, 0.5) is 0 Å². The fourth-order valence-corrected chi connectivity index (χ4v) is 3.57. The molecule has 4 nitrogen and oxygen atoms in total. The van der Waals surface area contributed by atoms with Crippen molar-refractivity contribution in [3.8, 4) is 5.75 Å². The molecule has 132 valence electrons. The number of carbonyl (C=O) groups is 1. The monoisotopic (exact) mass is 338 g/mol. The Balaban J connectivity index is 1.60. The second-order valence-corrected chi connectivity index (χ2v) is 6.77. The van der Waals surface area contributed by atoms with Crippen molar-refractivity contribution in [1.82, 2.24) is 9.80 Å². The molecule has 4 heteroatoms. The molecule has 0 aromatic heterocycles. The fraction of sp³-hybridized carbons (Fsp3) is 0.381. The Kier molecular flexibility index (Phi) is 5.39. The van der Waals surface area contributed by atoms with E-state index in [9.17, 15) is 4.79 Å². The molecule has 2 aromatic rings. The zero-order valence-electron chi connectivity index (χ0n) is 15.2. The van der Waals surface area contributed by atoms with Gasteiger partial charge in [-0.1, -0.05) is 36.4 Å². The summed E-state index contributed by atoms with van der Waals surface area (Å²) in [5.41, 5.74) is 3.86. The van der Waals surface area contributed by atoms with Gasteiger partial charge >= 0.3 is 0 Å². The molecule has 0 bridgehead atoms. The van der Waals surface area contributed by atoms with Gasteiger partial charge in [0.1, 0.15) is 5.75 Å². The Morgan fingerprint density at radius 1 is 1.16 bits per heavy atom. The predicted molar refractivity (Wildman–Crippen MR) is 99.6 cm³/mol. The number of rotatable bonds is 6. The molecular weight excluding hydrogens is 312 g/mol. The molecule has 0 saturated carbocycles. The Bertz CT molecular complexity index is 744. The van der Waals surface area contributed by atoms with Gasteiger partial charge in [-0.25, -0.2) is 0 Å². The minimum absolute atomic E-state index is 0.134. The molecule has 1 aliphatic carbocycles. The predicted octanol–water partition coefficient (Wildman–Crippen LogP) is 3.27. The lowest BCUT2D eigenvalue weighted by atomic mass is 10.1. The van der Waals surface area contributed by atoms with Crippen LogP contribution in [-0.2, 0) is 17.8 Å². The number of carbonyl (C=O) groups excluding carboxylic acids is 1. The van der Waals surface area contributed by atoms with E-state index in [1.54, 1.807) is 12.0 Å². The van der Waals surface area contributed by atoms with E-state index >= 15 is 0 Å². The Morgan fingerprint density at radius 3 is 2.76 bits per heavy atom. The molecule has 0 aliphatic heterocycles. The first-order valence-corrected chi connectivity index (χ1v) is 8.73. The van der Waals surface area contributed by atoms with Crippen LogP contribution in [0.3, 0.4) is 0 Å². The van der Waals surface area contributed by atoms with Gasteiger partial charge < -0.3 is 9.64 Å². The van der Waals surface area contributed by atoms with Crippen LogP contribution in [0.15, 0.2) is 48.5 Å². The molecule has 0 heterocycles. The normalized spacial score (nSPS) is 15.9. The molecule has 2 aromatic carbocycles. The highest BCUT2D eigenvalue weighted by Crippen LogP contribution is 2.34. The average Bonchev–Trinajstić information content (AvgIpc) is 3.06. The molecule has 1 unspecified atom stereocenters. The second-order valence-electron chi connectivity index (χ2n) is 6.77. The summed E-state index contributed by atoms with van der Waals surface area (Å²) in [5, 5.41) is 0. The van der Waals surface area contributed by atoms with Crippen LogP contribution in [0.2, 0.25) is 0 Å². The molecule has 0 saturated heterocycles. The third kappa shape index (κ3) is 4.02. The van der Waals surface area contributed by atoms with Gasteiger partial charge in [0.2, 0.25) is 5.91 Å². The highest BCUT2D eigenvalue weighted by Gasteiger charge is 2.27. The lowest BCUT2D eigenvalue weighted by Crippen LogP contribution is -2.37. The molecule has 0 radical (unpaired) electrons. The van der Waals surface area contributed by atoms with Crippen LogP contribution in [0, 0.1) is 0 Å². The summed E-state index contributed by atoms with van der Waals surface area (Å²) in [5.74, 6) is 0.952. The molecule has 1 amide bonds. The van der Waals surface area contributed by atoms with Crippen LogP contribution in [0.25, 0.3) is 0 Å². The van der Waals surface area contributed by atoms with E-state index in [4.69, 9.17) is 4.74 Å². The van der Waals surface area contributed by atoms with Gasteiger partial charge in [0, 0.05) is 19.6 Å². The SMILES string of the molecule is COc1cccc(CN(C)C(=O)CN(C)C2CCc3ccccc32)c1. The summed E-state index contributed by atoms with van der Waals surface area (Å²) < 4.78 is 5.25. The number of aryl methyl sites for hydroxylation is 1. The molecular formula is C21H26N2O2. The van der Waals surface area contributed by atoms with Crippen molar-refractivity contribution in [2.75, 3.05) is 27.7 Å². The number of methoxy groups -OCH3 is 1. The summed E-state index contributed by atoms with van der Waals surface area (Å²) in [6, 6.07) is 16.8. The van der Waals surface area contributed by atoms with E-state index in [1.807, 2.05) is 38.4 Å². The third-order valence-electron chi connectivity index (χ3n) is 5.00. The largest absolute Gasteiger partial charge is 0.497 e. The highest BCUT2D eigenvalue weighted by atomic mass is 16.5. The first-order valence-electron chi connectivity index (χ1n) is 8.73. The summed E-state index contributed by atoms with van der Waals surface area (Å²) in [4.78, 5) is 16.6. The van der Waals surface area contributed by atoms with Crippen LogP contribution in [0.1, 0.15) is 29.2 Å². The summed E-state index contributed by atoms with van der Waals surface area (Å²) >= 11 is 0. The number of hydrogen-bond donors (Lipinski definition) is 0. The maximum Gasteiger partial charge on any atom is 0.236 e. The molecule has 3 rings (SSSR count). The van der Waals surface area contributed by atoms with E-state index in [-0.39, 0.29) is 5.91 Å². The van der Waals surface area contributed by atoms with Gasteiger partial charge in [0.05, 0.1) is 13.7 Å². The number of likely N-dealkylation sites (N-methyl/N-ethyl adjacent to an activating group) is 2. The van der Waals surface area contributed by atoms with E-state index in [0.29, 0.717) is 19.1 Å². The van der Waals surface area contributed by atoms with Crippen molar-refractivity contribution in [1.29, 1.82) is 0 Å². The number of amides is 1. The van der Waals surface area contributed by atoms with Gasteiger partial charge in [0.15, 0.2) is 0 Å². The maximum atomic E-state index is 12.6. The number of hydrogen-bond acceptors (Lipinski definition) is 3. The van der Waals surface area contributed by atoms with Gasteiger partial charge in [-0.2, -0.15) is 0 Å². The van der Waals surface area contributed by atoms with Crippen molar-refractivity contribution in [3.05, 3.63) is 65.2 Å². The van der Waals surface area contributed by atoms with Gasteiger partial charge in [0.25, 0.3) is 0 Å². The van der Waals surface area contributed by atoms with E-state index in [2.05, 4.69) is 29.2 Å². The maximum absolute atomic E-state index is 12.6. The molecule has 0 N–H and O–H groups in total. The smallest absolute Gasteiger partial charge is 0.236 e. The summed E-state index contributed by atoms with van der Waals surface area (Å²) in [6.07, 6.45) is 2.18. The van der Waals surface area contributed by atoms with E-state index in [0.717, 1.165) is 24.2 Å². The summed E-state index contributed by atoms with van der Waals surface area (Å²) in [6.45, 7) is 1.02. The Labute approximate surface area is 150 Å². The van der Waals surface area contributed by atoms with Gasteiger partial charge in [-0.05, 0) is 48.7 Å². The zero-order chi connectivity index (χ0) is 17.8. The average molecular weight is 338 g/mol. The lowest BCUT2D eigenvalue weighted by Gasteiger charge is -2.27. The van der Waals surface area contributed by atoms with Crippen LogP contribution >= 0.6 is 0 Å². The highest BCUT2D eigenvalue weighted by molar-refractivity contribution is 5.78. The van der Waals surface area contributed by atoms with Gasteiger partial charge in [-0.15, -0.1) is 0 Å². The van der Waals surface area contributed by atoms with Gasteiger partial charge in [-0.3, -0.25) is 9.69 Å². The minimum Gasteiger partial charge on any atom is -0.497 e. The standard InChI is InChI=1S/C21H26N2O2/c1-22(20-12-11-17-8-4-5-10-19(17)20)15-21(24)23(2)14-16-7-6-9-18(13-16)25-3/h4-10,13,20H,11-12,14-15H2,1-3H3. The molecule has 1 atom stereocenters. The summed E-state index contributed by atoms with van der Waals surface area (Å²) in [7, 11) is 5.56. The van der Waals surface area contributed by atoms with Crippen molar-refractivity contribution in [2.45, 2.75) is 25.4 Å². The first-order chi connectivity index (χ1) is 12.1. The Morgan fingerprint density at radius 2 is 1.96 bits per heavy atom. The second kappa shape index (κ2) is 7.70. The van der Waals surface area contributed by atoms with Crippen molar-refractivity contribution < 1.29 is 9.53 Å². The number of nitrogens with zero attached hydrogens (tertiary/aromatic N) is 2. The number of benzene rings is 2. The number of fused-ring (bicyclic) bond motifs is 1. The number of ether oxygens (including phenoxy) is 1.